The fraction of sp³-hybridized carbons (Fsp3) is 0.867. The molecule has 0 saturated carbocycles. The summed E-state index contributed by atoms with van der Waals surface area (Å²) in [6.45, 7) is 3.77. The minimum Gasteiger partial charge on any atom is -0.462 e. The predicted octanol–water partition coefficient (Wildman–Crippen LogP) is 8.60. The van der Waals surface area contributed by atoms with Crippen LogP contribution in [0.25, 0.3) is 0 Å². The molecule has 0 amide bonds. The summed E-state index contributed by atoms with van der Waals surface area (Å²) >= 11 is 0. The van der Waals surface area contributed by atoms with Crippen LogP contribution < -0.4 is 0 Å². The third kappa shape index (κ3) is 26.8. The summed E-state index contributed by atoms with van der Waals surface area (Å²) < 4.78 is 31.6. The molecule has 0 aliphatic carbocycles. The lowest BCUT2D eigenvalue weighted by Crippen LogP contribution is -2.29. The Bertz CT molecular complexity index is 667. The van der Waals surface area contributed by atoms with Gasteiger partial charge in [-0.25, -0.2) is 4.57 Å². The van der Waals surface area contributed by atoms with Crippen molar-refractivity contribution in [2.45, 2.75) is 148 Å². The Morgan fingerprint density at radius 2 is 1.21 bits per heavy atom. The first-order valence-corrected chi connectivity index (χ1v) is 16.9. The van der Waals surface area contributed by atoms with Crippen LogP contribution >= 0.6 is 7.82 Å². The molecule has 2 unspecified atom stereocenters. The summed E-state index contributed by atoms with van der Waals surface area (Å²) in [5.74, 6) is -0.818. The molecular formula is C30H57O8P. The van der Waals surface area contributed by atoms with Gasteiger partial charge in [0.1, 0.15) is 6.61 Å². The Morgan fingerprint density at radius 3 is 1.77 bits per heavy atom. The van der Waals surface area contributed by atoms with Gasteiger partial charge in [0.15, 0.2) is 6.10 Å². The van der Waals surface area contributed by atoms with Crippen LogP contribution in [0.1, 0.15) is 142 Å². The highest BCUT2D eigenvalue weighted by molar-refractivity contribution is 7.47. The van der Waals surface area contributed by atoms with E-state index in [2.05, 4.69) is 30.5 Å². The van der Waals surface area contributed by atoms with E-state index in [0.29, 0.717) is 12.8 Å². The highest BCUT2D eigenvalue weighted by Gasteiger charge is 2.24. The molecule has 0 fully saturated rings. The number of phosphoric ester groups is 1. The average Bonchev–Trinajstić information content (AvgIpc) is 2.92. The monoisotopic (exact) mass is 576 g/mol. The SMILES string of the molecule is CCC/C=C\CCCCCCCC(=O)OC(COC(=O)CCCCCCCCCCCC)COP(=O)(O)OC. The van der Waals surface area contributed by atoms with Crippen LogP contribution in [-0.2, 0) is 32.7 Å². The summed E-state index contributed by atoms with van der Waals surface area (Å²) in [5, 5.41) is 0. The summed E-state index contributed by atoms with van der Waals surface area (Å²) in [4.78, 5) is 34.0. The topological polar surface area (TPSA) is 108 Å². The predicted molar refractivity (Wildman–Crippen MR) is 156 cm³/mol. The molecule has 0 saturated heterocycles. The fourth-order valence-corrected chi connectivity index (χ4v) is 4.53. The van der Waals surface area contributed by atoms with Crippen LogP contribution in [0.5, 0.6) is 0 Å². The van der Waals surface area contributed by atoms with E-state index >= 15 is 0 Å². The van der Waals surface area contributed by atoms with Crippen LogP contribution in [0.4, 0.5) is 0 Å². The molecule has 8 nitrogen and oxygen atoms in total. The number of carbonyl (C=O) groups is 2. The third-order valence-corrected chi connectivity index (χ3v) is 7.43. The quantitative estimate of drug-likeness (QED) is 0.0427. The maximum Gasteiger partial charge on any atom is 0.472 e. The zero-order valence-electron chi connectivity index (χ0n) is 25.0. The molecule has 0 rings (SSSR count). The smallest absolute Gasteiger partial charge is 0.462 e. The van der Waals surface area contributed by atoms with Crippen LogP contribution in [0.15, 0.2) is 12.2 Å². The van der Waals surface area contributed by atoms with Gasteiger partial charge in [-0.1, -0.05) is 109 Å². The number of allylic oxidation sites excluding steroid dienone is 2. The minimum atomic E-state index is -4.24. The van der Waals surface area contributed by atoms with Crippen LogP contribution in [0.3, 0.4) is 0 Å². The van der Waals surface area contributed by atoms with Crippen LogP contribution in [0, 0.1) is 0 Å². The highest BCUT2D eigenvalue weighted by Crippen LogP contribution is 2.42. The first kappa shape index (κ1) is 37.8. The van der Waals surface area contributed by atoms with E-state index in [-0.39, 0.29) is 19.0 Å². The molecule has 230 valence electrons. The molecule has 0 radical (unpaired) electrons. The van der Waals surface area contributed by atoms with Gasteiger partial charge in [-0.15, -0.1) is 0 Å². The highest BCUT2D eigenvalue weighted by atomic mass is 31.2. The van der Waals surface area contributed by atoms with E-state index in [0.717, 1.165) is 64.9 Å². The first-order valence-electron chi connectivity index (χ1n) is 15.4. The average molecular weight is 577 g/mol. The fourth-order valence-electron chi connectivity index (χ4n) is 4.07. The lowest BCUT2D eigenvalue weighted by molar-refractivity contribution is -0.161. The second-order valence-electron chi connectivity index (χ2n) is 10.2. The van der Waals surface area contributed by atoms with Crippen molar-refractivity contribution in [3.05, 3.63) is 12.2 Å². The van der Waals surface area contributed by atoms with Crippen molar-refractivity contribution in [2.75, 3.05) is 20.3 Å². The molecule has 0 aromatic rings. The van der Waals surface area contributed by atoms with Gasteiger partial charge in [0.25, 0.3) is 0 Å². The van der Waals surface area contributed by atoms with Gasteiger partial charge in [-0.05, 0) is 32.1 Å². The zero-order chi connectivity index (χ0) is 29.0. The van der Waals surface area contributed by atoms with E-state index in [9.17, 15) is 19.0 Å². The number of hydrogen-bond acceptors (Lipinski definition) is 7. The summed E-state index contributed by atoms with van der Waals surface area (Å²) in [6, 6.07) is 0. The largest absolute Gasteiger partial charge is 0.472 e. The Morgan fingerprint density at radius 1 is 0.692 bits per heavy atom. The Hall–Kier alpha value is -1.21. The molecule has 0 aliphatic rings. The van der Waals surface area contributed by atoms with E-state index in [1.807, 2.05) is 0 Å². The number of ether oxygens (including phenoxy) is 2. The van der Waals surface area contributed by atoms with Crippen molar-refractivity contribution in [1.29, 1.82) is 0 Å². The second kappa shape index (κ2) is 27.0. The van der Waals surface area contributed by atoms with Gasteiger partial charge < -0.3 is 14.4 Å². The molecule has 0 heterocycles. The number of phosphoric acid groups is 1. The van der Waals surface area contributed by atoms with Gasteiger partial charge in [0.05, 0.1) is 6.61 Å². The van der Waals surface area contributed by atoms with Crippen molar-refractivity contribution >= 4 is 19.8 Å². The van der Waals surface area contributed by atoms with Gasteiger partial charge in [0, 0.05) is 20.0 Å². The summed E-state index contributed by atoms with van der Waals surface area (Å²) in [6.07, 6.45) is 24.1. The van der Waals surface area contributed by atoms with Gasteiger partial charge in [-0.2, -0.15) is 0 Å². The molecule has 0 aromatic carbocycles. The lowest BCUT2D eigenvalue weighted by atomic mass is 10.1. The lowest BCUT2D eigenvalue weighted by Gasteiger charge is -2.19. The van der Waals surface area contributed by atoms with Crippen molar-refractivity contribution in [3.63, 3.8) is 0 Å². The number of hydrogen-bond donors (Lipinski definition) is 1. The molecule has 0 spiro atoms. The normalized spacial score (nSPS) is 13.8. The summed E-state index contributed by atoms with van der Waals surface area (Å²) in [5.41, 5.74) is 0. The van der Waals surface area contributed by atoms with Crippen molar-refractivity contribution in [2.24, 2.45) is 0 Å². The molecule has 9 heteroatoms. The van der Waals surface area contributed by atoms with Crippen molar-refractivity contribution in [3.8, 4) is 0 Å². The molecule has 2 atom stereocenters. The van der Waals surface area contributed by atoms with Gasteiger partial charge in [-0.3, -0.25) is 18.6 Å². The molecular weight excluding hydrogens is 519 g/mol. The Balaban J connectivity index is 4.18. The van der Waals surface area contributed by atoms with E-state index < -0.39 is 26.5 Å². The van der Waals surface area contributed by atoms with Crippen molar-refractivity contribution < 1.29 is 37.6 Å². The maximum atomic E-state index is 12.3. The molecule has 1 N–H and O–H groups in total. The van der Waals surface area contributed by atoms with Gasteiger partial charge >= 0.3 is 19.8 Å². The van der Waals surface area contributed by atoms with E-state index in [1.54, 1.807) is 0 Å². The number of rotatable bonds is 28. The third-order valence-electron chi connectivity index (χ3n) is 6.49. The van der Waals surface area contributed by atoms with Gasteiger partial charge in [0.2, 0.25) is 0 Å². The maximum absolute atomic E-state index is 12.3. The van der Waals surface area contributed by atoms with Crippen LogP contribution in [0.2, 0.25) is 0 Å². The summed E-state index contributed by atoms with van der Waals surface area (Å²) in [7, 11) is -3.19. The van der Waals surface area contributed by atoms with Crippen molar-refractivity contribution in [1.82, 2.24) is 0 Å². The second-order valence-corrected chi connectivity index (χ2v) is 11.8. The number of carbonyl (C=O) groups excluding carboxylic acids is 2. The Kier molecular flexibility index (Phi) is 26.1. The molecule has 0 aromatic heterocycles. The molecule has 0 aliphatic heterocycles. The molecule has 0 bridgehead atoms. The molecule has 39 heavy (non-hydrogen) atoms. The number of esters is 2. The zero-order valence-corrected chi connectivity index (χ0v) is 25.9. The van der Waals surface area contributed by atoms with E-state index in [1.165, 1.54) is 51.4 Å². The first-order chi connectivity index (χ1) is 18.8. The Labute approximate surface area is 238 Å². The number of unbranched alkanes of at least 4 members (excludes halogenated alkanes) is 15. The minimum absolute atomic E-state index is 0.225. The standard InChI is InChI=1S/C30H57O8P/c1-4-6-8-10-12-14-16-18-20-22-24-29(31)36-26-28(27-37-39(33,34)35-3)38-30(32)25-23-21-19-17-15-13-11-9-7-5-2/h9,11,28H,4-8,10,12-27H2,1-3H3,(H,33,34)/b11-9-. The van der Waals surface area contributed by atoms with E-state index in [4.69, 9.17) is 14.0 Å². The van der Waals surface area contributed by atoms with Crippen LogP contribution in [-0.4, -0.2) is 43.3 Å².